The number of amidine groups is 2. The zero-order chi connectivity index (χ0) is 36.7. The largest absolute Gasteiger partial charge is 0.455 e. The fraction of sp³-hybridized carbons (Fsp3) is 0. The lowest BCUT2D eigenvalue weighted by atomic mass is 9.96. The van der Waals surface area contributed by atoms with Crippen LogP contribution in [0, 0.1) is 5.41 Å². The highest BCUT2D eigenvalue weighted by atomic mass is 16.3. The van der Waals surface area contributed by atoms with Crippen molar-refractivity contribution in [2.45, 2.75) is 0 Å². The van der Waals surface area contributed by atoms with Gasteiger partial charge < -0.3 is 4.42 Å². The van der Waals surface area contributed by atoms with E-state index < -0.39 is 0 Å². The van der Waals surface area contributed by atoms with Crippen LogP contribution in [0.5, 0.6) is 0 Å². The van der Waals surface area contributed by atoms with Gasteiger partial charge in [-0.25, -0.2) is 9.98 Å². The lowest BCUT2D eigenvalue weighted by Gasteiger charge is -2.10. The number of para-hydroxylation sites is 1. The zero-order valence-corrected chi connectivity index (χ0v) is 29.8. The summed E-state index contributed by atoms with van der Waals surface area (Å²) in [6.45, 7) is 0. The van der Waals surface area contributed by atoms with E-state index >= 15 is 0 Å². The molecule has 0 aliphatic heterocycles. The van der Waals surface area contributed by atoms with Gasteiger partial charge in [0.2, 0.25) is 0 Å². The Morgan fingerprint density at radius 2 is 1.05 bits per heavy atom. The standard InChI is InChI=1S/C51H33N3O/c52-50(46-28-27-44(43-26-22-36-11-3-6-14-41(36)31-43)49-48(46)45-15-7-8-16-47(45)55-49)54-51(53-32-33-17-18-34-9-1-4-12-39(34)29-33)38-23-19-37(20-24-38)42-25-21-35-10-2-5-13-40(35)30-42/h1-32,52H. The van der Waals surface area contributed by atoms with E-state index in [-0.39, 0.29) is 5.84 Å². The van der Waals surface area contributed by atoms with Crippen LogP contribution in [0.4, 0.5) is 0 Å². The monoisotopic (exact) mass is 703 g/mol. The fourth-order valence-electron chi connectivity index (χ4n) is 7.55. The van der Waals surface area contributed by atoms with Gasteiger partial charge in [0.15, 0.2) is 11.7 Å². The second kappa shape index (κ2) is 13.5. The van der Waals surface area contributed by atoms with E-state index in [1.807, 2.05) is 60.8 Å². The van der Waals surface area contributed by atoms with Gasteiger partial charge in [-0.05, 0) is 91.0 Å². The quantitative estimate of drug-likeness (QED) is 0.141. The average molecular weight is 704 g/mol. The summed E-state index contributed by atoms with van der Waals surface area (Å²) in [5.74, 6) is 0.550. The van der Waals surface area contributed by atoms with Crippen molar-refractivity contribution in [3.8, 4) is 22.3 Å². The van der Waals surface area contributed by atoms with Crippen LogP contribution < -0.4 is 0 Å². The van der Waals surface area contributed by atoms with Crippen molar-refractivity contribution < 1.29 is 4.42 Å². The van der Waals surface area contributed by atoms with Crippen molar-refractivity contribution in [2.24, 2.45) is 9.98 Å². The third-order valence-corrected chi connectivity index (χ3v) is 10.4. The van der Waals surface area contributed by atoms with Crippen LogP contribution in [-0.2, 0) is 0 Å². The number of nitrogens with one attached hydrogen (secondary N) is 1. The van der Waals surface area contributed by atoms with Crippen molar-refractivity contribution in [3.05, 3.63) is 205 Å². The molecule has 4 nitrogen and oxygen atoms in total. The Kier molecular flexibility index (Phi) is 7.93. The van der Waals surface area contributed by atoms with Crippen molar-refractivity contribution in [3.63, 3.8) is 0 Å². The molecular weight excluding hydrogens is 671 g/mol. The number of hydrogen-bond acceptors (Lipinski definition) is 2. The first-order valence-electron chi connectivity index (χ1n) is 18.4. The van der Waals surface area contributed by atoms with E-state index in [4.69, 9.17) is 14.4 Å². The van der Waals surface area contributed by atoms with E-state index in [1.54, 1.807) is 0 Å². The van der Waals surface area contributed by atoms with Gasteiger partial charge in [-0.15, -0.1) is 0 Å². The van der Waals surface area contributed by atoms with Gasteiger partial charge >= 0.3 is 0 Å². The molecule has 0 aliphatic carbocycles. The minimum Gasteiger partial charge on any atom is -0.455 e. The molecule has 0 saturated carbocycles. The van der Waals surface area contributed by atoms with E-state index in [0.717, 1.165) is 66.1 Å². The molecule has 1 N–H and O–H groups in total. The minimum absolute atomic E-state index is 0.103. The van der Waals surface area contributed by atoms with Gasteiger partial charge in [-0.1, -0.05) is 152 Å². The molecule has 0 aliphatic rings. The molecule has 1 heterocycles. The highest BCUT2D eigenvalue weighted by Gasteiger charge is 2.19. The summed E-state index contributed by atoms with van der Waals surface area (Å²) in [4.78, 5) is 9.94. The smallest absolute Gasteiger partial charge is 0.161 e. The predicted molar refractivity (Wildman–Crippen MR) is 231 cm³/mol. The third kappa shape index (κ3) is 6.06. The van der Waals surface area contributed by atoms with Gasteiger partial charge in [0.1, 0.15) is 11.2 Å². The van der Waals surface area contributed by atoms with Gasteiger partial charge in [-0.2, -0.15) is 0 Å². The Morgan fingerprint density at radius 3 is 1.76 bits per heavy atom. The number of aliphatic imine (C=N–C) groups is 2. The maximum Gasteiger partial charge on any atom is 0.161 e. The van der Waals surface area contributed by atoms with Crippen LogP contribution in [0.3, 0.4) is 0 Å². The summed E-state index contributed by atoms with van der Waals surface area (Å²) in [5.41, 5.74) is 8.19. The number of nitrogens with zero attached hydrogens (tertiary/aromatic N) is 2. The Morgan fingerprint density at radius 1 is 0.491 bits per heavy atom. The molecule has 0 atom stereocenters. The SMILES string of the molecule is N=C(N=C(N=Cc1ccc2ccccc2c1)c1ccc(-c2ccc3ccccc3c2)cc1)c1ccc(-c2ccc3ccccc3c2)c2oc3ccccc3c12. The summed E-state index contributed by atoms with van der Waals surface area (Å²) in [5, 5.41) is 18.4. The first-order chi connectivity index (χ1) is 27.1. The Balaban J connectivity index is 1.09. The van der Waals surface area contributed by atoms with Crippen molar-refractivity contribution in [1.82, 2.24) is 0 Å². The lowest BCUT2D eigenvalue weighted by Crippen LogP contribution is -2.05. The summed E-state index contributed by atoms with van der Waals surface area (Å²) in [6, 6.07) is 64.7. The third-order valence-electron chi connectivity index (χ3n) is 10.4. The van der Waals surface area contributed by atoms with Crippen LogP contribution >= 0.6 is 0 Å². The number of hydrogen-bond donors (Lipinski definition) is 1. The molecular formula is C51H33N3O. The summed E-state index contributed by atoms with van der Waals surface area (Å²) in [6.07, 6.45) is 1.83. The van der Waals surface area contributed by atoms with Crippen molar-refractivity contribution in [1.29, 1.82) is 5.41 Å². The topological polar surface area (TPSA) is 61.7 Å². The van der Waals surface area contributed by atoms with Crippen LogP contribution in [0.1, 0.15) is 16.7 Å². The van der Waals surface area contributed by atoms with Crippen LogP contribution in [0.2, 0.25) is 0 Å². The van der Waals surface area contributed by atoms with Crippen LogP contribution in [-0.4, -0.2) is 17.9 Å². The number of rotatable bonds is 5. The molecule has 0 bridgehead atoms. The molecule has 0 saturated heterocycles. The van der Waals surface area contributed by atoms with Gasteiger partial charge in [-0.3, -0.25) is 5.41 Å². The highest BCUT2D eigenvalue weighted by molar-refractivity contribution is 6.23. The normalized spacial score (nSPS) is 12.1. The second-order valence-electron chi connectivity index (χ2n) is 13.8. The molecule has 258 valence electrons. The van der Waals surface area contributed by atoms with E-state index in [1.165, 1.54) is 21.5 Å². The molecule has 10 aromatic rings. The summed E-state index contributed by atoms with van der Waals surface area (Å²) >= 11 is 0. The fourth-order valence-corrected chi connectivity index (χ4v) is 7.55. The maximum absolute atomic E-state index is 9.53. The maximum atomic E-state index is 9.53. The van der Waals surface area contributed by atoms with Crippen molar-refractivity contribution >= 4 is 72.1 Å². The number of fused-ring (bicyclic) bond motifs is 6. The molecule has 0 spiro atoms. The molecule has 0 fully saturated rings. The second-order valence-corrected chi connectivity index (χ2v) is 13.8. The average Bonchev–Trinajstić information content (AvgIpc) is 3.64. The van der Waals surface area contributed by atoms with E-state index in [9.17, 15) is 5.41 Å². The molecule has 10 rings (SSSR count). The van der Waals surface area contributed by atoms with E-state index in [0.29, 0.717) is 11.4 Å². The molecule has 0 amide bonds. The van der Waals surface area contributed by atoms with Crippen LogP contribution in [0.25, 0.3) is 76.5 Å². The van der Waals surface area contributed by atoms with Gasteiger partial charge in [0.25, 0.3) is 0 Å². The van der Waals surface area contributed by atoms with Gasteiger partial charge in [0, 0.05) is 33.7 Å². The number of furan rings is 1. The Labute approximate surface area is 317 Å². The Bertz CT molecular complexity index is 3170. The summed E-state index contributed by atoms with van der Waals surface area (Å²) < 4.78 is 6.58. The zero-order valence-electron chi connectivity index (χ0n) is 29.8. The first-order valence-corrected chi connectivity index (χ1v) is 18.4. The summed E-state index contributed by atoms with van der Waals surface area (Å²) in [7, 11) is 0. The van der Waals surface area contributed by atoms with Crippen molar-refractivity contribution in [2.75, 3.05) is 0 Å². The van der Waals surface area contributed by atoms with Crippen LogP contribution in [0.15, 0.2) is 202 Å². The lowest BCUT2D eigenvalue weighted by molar-refractivity contribution is 0.670. The van der Waals surface area contributed by atoms with E-state index in [2.05, 4.69) is 133 Å². The number of benzene rings is 9. The molecule has 55 heavy (non-hydrogen) atoms. The first kappa shape index (κ1) is 32.2. The van der Waals surface area contributed by atoms with Gasteiger partial charge in [0.05, 0.1) is 0 Å². The molecule has 4 heteroatoms. The molecule has 1 aromatic heterocycles. The molecule has 0 unspecified atom stereocenters. The Hall–Kier alpha value is -7.43. The molecule has 9 aromatic carbocycles. The predicted octanol–water partition coefficient (Wildman–Crippen LogP) is 13.3. The molecule has 0 radical (unpaired) electrons. The minimum atomic E-state index is 0.103. The highest BCUT2D eigenvalue weighted by Crippen LogP contribution is 2.39.